The summed E-state index contributed by atoms with van der Waals surface area (Å²) in [5, 5.41) is 5.17. The summed E-state index contributed by atoms with van der Waals surface area (Å²) < 4.78 is 0. The number of anilines is 1. The van der Waals surface area contributed by atoms with Gasteiger partial charge >= 0.3 is 0 Å². The predicted molar refractivity (Wildman–Crippen MR) is 107 cm³/mol. The Labute approximate surface area is 158 Å². The fourth-order valence-electron chi connectivity index (χ4n) is 2.79. The lowest BCUT2D eigenvalue weighted by atomic mass is 10.1. The zero-order chi connectivity index (χ0) is 17.1. The van der Waals surface area contributed by atoms with Gasteiger partial charge in [-0.05, 0) is 61.7 Å². The van der Waals surface area contributed by atoms with Crippen LogP contribution in [0.1, 0.15) is 25.3 Å². The smallest absolute Gasteiger partial charge is 0.174 e. The van der Waals surface area contributed by atoms with Crippen molar-refractivity contribution in [3.8, 4) is 0 Å². The summed E-state index contributed by atoms with van der Waals surface area (Å²) in [6.07, 6.45) is 2.55. The molecular weight excluding hydrogens is 359 g/mol. The van der Waals surface area contributed by atoms with E-state index >= 15 is 0 Å². The molecular formula is C19H20Cl2N2S. The molecule has 126 valence electrons. The van der Waals surface area contributed by atoms with Crippen molar-refractivity contribution < 1.29 is 0 Å². The van der Waals surface area contributed by atoms with E-state index in [9.17, 15) is 0 Å². The Balaban J connectivity index is 1.77. The largest absolute Gasteiger partial charge is 0.342 e. The van der Waals surface area contributed by atoms with Gasteiger partial charge in [0.25, 0.3) is 0 Å². The first-order chi connectivity index (χ1) is 11.5. The first-order valence-corrected chi connectivity index (χ1v) is 9.27. The molecule has 24 heavy (non-hydrogen) atoms. The molecule has 0 aromatic heterocycles. The molecule has 2 aromatic carbocycles. The molecule has 0 radical (unpaired) electrons. The standard InChI is InChI=1S/C19H20Cl2N2S/c1-13(15-7-8-15)23(12-14-5-3-2-4-6-14)19(24)22-18-10-9-16(20)11-17(18)21/h2-6,9-11,13,15H,7-8,12H2,1H3,(H,22,24). The lowest BCUT2D eigenvalue weighted by Crippen LogP contribution is -2.41. The highest BCUT2D eigenvalue weighted by atomic mass is 35.5. The first kappa shape index (κ1) is 17.5. The lowest BCUT2D eigenvalue weighted by Gasteiger charge is -2.32. The molecule has 0 saturated heterocycles. The average molecular weight is 379 g/mol. The molecule has 0 spiro atoms. The zero-order valence-corrected chi connectivity index (χ0v) is 15.8. The van der Waals surface area contributed by atoms with E-state index in [4.69, 9.17) is 35.4 Å². The van der Waals surface area contributed by atoms with E-state index in [1.54, 1.807) is 6.07 Å². The molecule has 1 fully saturated rings. The number of hydrogen-bond acceptors (Lipinski definition) is 1. The summed E-state index contributed by atoms with van der Waals surface area (Å²) in [5.74, 6) is 0.717. The number of nitrogens with one attached hydrogen (secondary N) is 1. The molecule has 2 nitrogen and oxygen atoms in total. The summed E-state index contributed by atoms with van der Waals surface area (Å²) >= 11 is 17.9. The van der Waals surface area contributed by atoms with Crippen LogP contribution in [0.25, 0.3) is 0 Å². The average Bonchev–Trinajstić information content (AvgIpc) is 3.40. The highest BCUT2D eigenvalue weighted by molar-refractivity contribution is 7.80. The van der Waals surface area contributed by atoms with Gasteiger partial charge in [-0.2, -0.15) is 0 Å². The van der Waals surface area contributed by atoms with Gasteiger partial charge in [0.1, 0.15) is 0 Å². The topological polar surface area (TPSA) is 15.3 Å². The van der Waals surface area contributed by atoms with Crippen molar-refractivity contribution >= 4 is 46.2 Å². The molecule has 1 atom stereocenters. The highest BCUT2D eigenvalue weighted by Gasteiger charge is 2.33. The van der Waals surface area contributed by atoms with Crippen LogP contribution in [0.2, 0.25) is 10.0 Å². The van der Waals surface area contributed by atoms with Crippen LogP contribution < -0.4 is 5.32 Å². The Morgan fingerprint density at radius 3 is 2.54 bits per heavy atom. The maximum Gasteiger partial charge on any atom is 0.174 e. The van der Waals surface area contributed by atoms with Crippen molar-refractivity contribution in [3.63, 3.8) is 0 Å². The molecule has 5 heteroatoms. The van der Waals surface area contributed by atoms with Crippen LogP contribution in [0.15, 0.2) is 48.5 Å². The van der Waals surface area contributed by atoms with E-state index in [0.29, 0.717) is 27.1 Å². The quantitative estimate of drug-likeness (QED) is 0.643. The molecule has 0 amide bonds. The maximum atomic E-state index is 6.27. The fourth-order valence-corrected chi connectivity index (χ4v) is 3.59. The maximum absolute atomic E-state index is 6.27. The minimum Gasteiger partial charge on any atom is -0.342 e. The van der Waals surface area contributed by atoms with E-state index < -0.39 is 0 Å². The van der Waals surface area contributed by atoms with Crippen LogP contribution in [-0.2, 0) is 6.54 Å². The Hall–Kier alpha value is -1.29. The predicted octanol–water partition coefficient (Wildman–Crippen LogP) is 5.99. The second-order valence-corrected chi connectivity index (χ2v) is 7.48. The molecule has 1 unspecified atom stereocenters. The monoisotopic (exact) mass is 378 g/mol. The van der Waals surface area contributed by atoms with Crippen LogP contribution in [0, 0.1) is 5.92 Å². The van der Waals surface area contributed by atoms with Gasteiger partial charge in [0.05, 0.1) is 10.7 Å². The van der Waals surface area contributed by atoms with Crippen molar-refractivity contribution in [1.29, 1.82) is 0 Å². The summed E-state index contributed by atoms with van der Waals surface area (Å²) in [6.45, 7) is 3.04. The molecule has 0 bridgehead atoms. The minimum absolute atomic E-state index is 0.399. The molecule has 1 N–H and O–H groups in total. The number of nitrogens with zero attached hydrogens (tertiary/aromatic N) is 1. The van der Waals surface area contributed by atoms with Crippen LogP contribution in [0.3, 0.4) is 0 Å². The molecule has 1 aliphatic rings. The Bertz CT molecular complexity index is 717. The van der Waals surface area contributed by atoms with Crippen LogP contribution in [-0.4, -0.2) is 16.1 Å². The van der Waals surface area contributed by atoms with Gasteiger partial charge in [0.15, 0.2) is 5.11 Å². The van der Waals surface area contributed by atoms with Crippen molar-refractivity contribution in [3.05, 3.63) is 64.1 Å². The molecule has 1 aliphatic carbocycles. The van der Waals surface area contributed by atoms with Gasteiger partial charge in [-0.25, -0.2) is 0 Å². The fraction of sp³-hybridized carbons (Fsp3) is 0.316. The van der Waals surface area contributed by atoms with Gasteiger partial charge in [0, 0.05) is 17.6 Å². The van der Waals surface area contributed by atoms with Crippen molar-refractivity contribution in [1.82, 2.24) is 4.90 Å². The summed E-state index contributed by atoms with van der Waals surface area (Å²) in [4.78, 5) is 2.26. The summed E-state index contributed by atoms with van der Waals surface area (Å²) in [7, 11) is 0. The number of hydrogen-bond donors (Lipinski definition) is 1. The van der Waals surface area contributed by atoms with Crippen molar-refractivity contribution in [2.75, 3.05) is 5.32 Å². The van der Waals surface area contributed by atoms with E-state index in [0.717, 1.165) is 12.2 Å². The number of thiocarbonyl (C=S) groups is 1. The van der Waals surface area contributed by atoms with Crippen molar-refractivity contribution in [2.24, 2.45) is 5.92 Å². The van der Waals surface area contributed by atoms with Crippen LogP contribution in [0.5, 0.6) is 0 Å². The van der Waals surface area contributed by atoms with E-state index in [-0.39, 0.29) is 0 Å². The summed E-state index contributed by atoms with van der Waals surface area (Å²) in [6, 6.07) is 16.2. The molecule has 1 saturated carbocycles. The van der Waals surface area contributed by atoms with Gasteiger partial charge in [0.2, 0.25) is 0 Å². The second-order valence-electron chi connectivity index (χ2n) is 6.25. The Morgan fingerprint density at radius 1 is 1.21 bits per heavy atom. The lowest BCUT2D eigenvalue weighted by molar-refractivity contribution is 0.298. The minimum atomic E-state index is 0.399. The van der Waals surface area contributed by atoms with Gasteiger partial charge in [-0.15, -0.1) is 0 Å². The second kappa shape index (κ2) is 7.73. The van der Waals surface area contributed by atoms with Gasteiger partial charge < -0.3 is 10.2 Å². The normalized spacial score (nSPS) is 15.0. The van der Waals surface area contributed by atoms with Gasteiger partial charge in [-0.3, -0.25) is 0 Å². The van der Waals surface area contributed by atoms with Gasteiger partial charge in [-0.1, -0.05) is 53.5 Å². The molecule has 3 rings (SSSR count). The van der Waals surface area contributed by atoms with Crippen LogP contribution in [0.4, 0.5) is 5.69 Å². The SMILES string of the molecule is CC(C1CC1)N(Cc1ccccc1)C(=S)Nc1ccc(Cl)cc1Cl. The zero-order valence-electron chi connectivity index (χ0n) is 13.5. The third-order valence-electron chi connectivity index (χ3n) is 4.43. The van der Waals surface area contributed by atoms with E-state index in [2.05, 4.69) is 41.4 Å². The highest BCUT2D eigenvalue weighted by Crippen LogP contribution is 2.36. The number of benzene rings is 2. The van der Waals surface area contributed by atoms with Crippen LogP contribution >= 0.6 is 35.4 Å². The van der Waals surface area contributed by atoms with E-state index in [1.807, 2.05) is 18.2 Å². The third kappa shape index (κ3) is 4.41. The van der Waals surface area contributed by atoms with E-state index in [1.165, 1.54) is 18.4 Å². The Morgan fingerprint density at radius 2 is 1.92 bits per heavy atom. The number of halogens is 2. The molecule has 2 aromatic rings. The molecule has 0 aliphatic heterocycles. The first-order valence-electron chi connectivity index (χ1n) is 8.11. The Kier molecular flexibility index (Phi) is 5.65. The third-order valence-corrected chi connectivity index (χ3v) is 5.31. The van der Waals surface area contributed by atoms with Crippen molar-refractivity contribution in [2.45, 2.75) is 32.4 Å². The number of rotatable bonds is 5. The summed E-state index contributed by atoms with van der Waals surface area (Å²) in [5.41, 5.74) is 2.03. The molecule has 0 heterocycles.